The van der Waals surface area contributed by atoms with E-state index in [1.54, 1.807) is 25.1 Å². The zero-order valence-corrected chi connectivity index (χ0v) is 14.4. The number of halogens is 1. The highest BCUT2D eigenvalue weighted by atomic mass is 35.5. The van der Waals surface area contributed by atoms with E-state index in [0.29, 0.717) is 29.1 Å². The number of rotatable bonds is 1. The Balaban J connectivity index is 0.00000169. The maximum atomic E-state index is 13.0. The van der Waals surface area contributed by atoms with Gasteiger partial charge in [0.25, 0.3) is 11.8 Å². The monoisotopic (exact) mass is 351 g/mol. The topological polar surface area (TPSA) is 70.7 Å². The number of anilines is 1. The average molecular weight is 352 g/mol. The van der Waals surface area contributed by atoms with Crippen LogP contribution >= 0.6 is 12.4 Å². The Bertz CT molecular complexity index is 666. The van der Waals surface area contributed by atoms with Crippen LogP contribution in [0.5, 0.6) is 5.75 Å². The minimum absolute atomic E-state index is 0. The van der Waals surface area contributed by atoms with Crippen molar-refractivity contribution in [3.05, 3.63) is 23.8 Å². The van der Waals surface area contributed by atoms with Gasteiger partial charge in [0.1, 0.15) is 0 Å². The smallest absolute Gasteiger partial charge is 0.265 e. The second-order valence-corrected chi connectivity index (χ2v) is 6.61. The number of nitrogens with one attached hydrogen (secondary N) is 2. The van der Waals surface area contributed by atoms with Crippen molar-refractivity contribution in [2.75, 3.05) is 18.4 Å². The van der Waals surface area contributed by atoms with E-state index in [0.717, 1.165) is 25.9 Å². The molecule has 0 radical (unpaired) electrons. The highest BCUT2D eigenvalue weighted by Gasteiger charge is 2.34. The van der Waals surface area contributed by atoms with E-state index in [1.165, 1.54) is 6.42 Å². The van der Waals surface area contributed by atoms with Gasteiger partial charge in [-0.15, -0.1) is 12.4 Å². The predicted molar refractivity (Wildman–Crippen MR) is 92.9 cm³/mol. The van der Waals surface area contributed by atoms with Crippen molar-refractivity contribution in [3.63, 3.8) is 0 Å². The van der Waals surface area contributed by atoms with Crippen LogP contribution < -0.4 is 15.4 Å². The van der Waals surface area contributed by atoms with Crippen LogP contribution in [-0.4, -0.2) is 48.0 Å². The third-order valence-electron chi connectivity index (χ3n) is 4.98. The van der Waals surface area contributed by atoms with Gasteiger partial charge in [-0.3, -0.25) is 9.59 Å². The number of para-hydroxylation sites is 1. The van der Waals surface area contributed by atoms with Crippen molar-refractivity contribution in [2.45, 2.75) is 44.4 Å². The lowest BCUT2D eigenvalue weighted by Gasteiger charge is -2.28. The molecule has 2 N–H and O–H groups in total. The van der Waals surface area contributed by atoms with Gasteiger partial charge in [0, 0.05) is 25.2 Å². The molecule has 3 aliphatic rings. The molecule has 2 amide bonds. The molecule has 2 bridgehead atoms. The Morgan fingerprint density at radius 2 is 2.04 bits per heavy atom. The first-order valence-electron chi connectivity index (χ1n) is 8.27. The molecule has 0 aliphatic carbocycles. The summed E-state index contributed by atoms with van der Waals surface area (Å²) in [7, 11) is 0. The summed E-state index contributed by atoms with van der Waals surface area (Å²) in [6, 6.07) is 6.26. The van der Waals surface area contributed by atoms with Crippen molar-refractivity contribution in [2.24, 2.45) is 0 Å². The molecule has 3 unspecified atom stereocenters. The summed E-state index contributed by atoms with van der Waals surface area (Å²) < 4.78 is 5.71. The van der Waals surface area contributed by atoms with E-state index >= 15 is 0 Å². The zero-order chi connectivity index (χ0) is 16.0. The SMILES string of the molecule is CC1Oc2c(cccc2C(=O)N2CCC3CCC(C2)N3)NC1=O.Cl. The van der Waals surface area contributed by atoms with Crippen LogP contribution in [-0.2, 0) is 4.79 Å². The van der Waals surface area contributed by atoms with E-state index in [4.69, 9.17) is 4.74 Å². The molecule has 3 aliphatic heterocycles. The van der Waals surface area contributed by atoms with Crippen LogP contribution in [0.1, 0.15) is 36.5 Å². The molecular formula is C17H22ClN3O3. The van der Waals surface area contributed by atoms with Crippen LogP contribution in [0.25, 0.3) is 0 Å². The number of carbonyl (C=O) groups is 2. The molecule has 7 heteroatoms. The second kappa shape index (κ2) is 6.61. The first-order valence-corrected chi connectivity index (χ1v) is 8.27. The molecule has 1 aromatic carbocycles. The van der Waals surface area contributed by atoms with Gasteiger partial charge in [0.15, 0.2) is 11.9 Å². The maximum Gasteiger partial charge on any atom is 0.265 e. The summed E-state index contributed by atoms with van der Waals surface area (Å²) in [4.78, 5) is 26.6. The molecule has 0 saturated carbocycles. The number of benzene rings is 1. The molecule has 130 valence electrons. The Morgan fingerprint density at radius 1 is 1.25 bits per heavy atom. The molecule has 0 spiro atoms. The summed E-state index contributed by atoms with van der Waals surface area (Å²) in [5.74, 6) is 0.296. The molecule has 3 heterocycles. The lowest BCUT2D eigenvalue weighted by Crippen LogP contribution is -2.40. The number of amides is 2. The molecule has 2 fully saturated rings. The van der Waals surface area contributed by atoms with Crippen molar-refractivity contribution >= 4 is 29.9 Å². The Hall–Kier alpha value is -1.79. The summed E-state index contributed by atoms with van der Waals surface area (Å²) >= 11 is 0. The number of carbonyl (C=O) groups excluding carboxylic acids is 2. The van der Waals surface area contributed by atoms with E-state index in [9.17, 15) is 9.59 Å². The third-order valence-corrected chi connectivity index (χ3v) is 4.98. The summed E-state index contributed by atoms with van der Waals surface area (Å²) in [6.45, 7) is 3.19. The van der Waals surface area contributed by atoms with Gasteiger partial charge in [-0.1, -0.05) is 6.07 Å². The summed E-state index contributed by atoms with van der Waals surface area (Å²) in [5.41, 5.74) is 1.11. The van der Waals surface area contributed by atoms with Crippen molar-refractivity contribution in [1.82, 2.24) is 10.2 Å². The third kappa shape index (κ3) is 2.96. The fourth-order valence-electron chi connectivity index (χ4n) is 3.69. The second-order valence-electron chi connectivity index (χ2n) is 6.61. The number of fused-ring (bicyclic) bond motifs is 3. The zero-order valence-electron chi connectivity index (χ0n) is 13.6. The van der Waals surface area contributed by atoms with Crippen LogP contribution in [0, 0.1) is 0 Å². The van der Waals surface area contributed by atoms with Crippen LogP contribution in [0.3, 0.4) is 0 Å². The van der Waals surface area contributed by atoms with Gasteiger partial charge in [-0.05, 0) is 38.3 Å². The van der Waals surface area contributed by atoms with Gasteiger partial charge < -0.3 is 20.3 Å². The Morgan fingerprint density at radius 3 is 2.88 bits per heavy atom. The highest BCUT2D eigenvalue weighted by Crippen LogP contribution is 2.34. The minimum atomic E-state index is -0.585. The fourth-order valence-corrected chi connectivity index (χ4v) is 3.69. The number of nitrogens with zero attached hydrogens (tertiary/aromatic N) is 1. The first-order chi connectivity index (χ1) is 11.1. The molecular weight excluding hydrogens is 330 g/mol. The summed E-state index contributed by atoms with van der Waals surface area (Å²) in [5, 5.41) is 6.38. The fraction of sp³-hybridized carbons (Fsp3) is 0.529. The van der Waals surface area contributed by atoms with Crippen LogP contribution in [0.15, 0.2) is 18.2 Å². The van der Waals surface area contributed by atoms with Crippen LogP contribution in [0.2, 0.25) is 0 Å². The average Bonchev–Trinajstić information content (AvgIpc) is 2.86. The molecule has 4 rings (SSSR count). The molecule has 3 atom stereocenters. The number of hydrogen-bond acceptors (Lipinski definition) is 4. The van der Waals surface area contributed by atoms with E-state index < -0.39 is 6.10 Å². The van der Waals surface area contributed by atoms with Crippen LogP contribution in [0.4, 0.5) is 5.69 Å². The quantitative estimate of drug-likeness (QED) is 0.809. The van der Waals surface area contributed by atoms with Crippen molar-refractivity contribution in [1.29, 1.82) is 0 Å². The largest absolute Gasteiger partial charge is 0.478 e. The Labute approximate surface area is 147 Å². The predicted octanol–water partition coefficient (Wildman–Crippen LogP) is 1.79. The molecule has 6 nitrogen and oxygen atoms in total. The van der Waals surface area contributed by atoms with E-state index in [-0.39, 0.29) is 24.2 Å². The Kier molecular flexibility index (Phi) is 4.69. The van der Waals surface area contributed by atoms with Gasteiger partial charge >= 0.3 is 0 Å². The molecule has 24 heavy (non-hydrogen) atoms. The maximum absolute atomic E-state index is 13.0. The van der Waals surface area contributed by atoms with E-state index in [1.807, 2.05) is 4.90 Å². The number of hydrogen-bond donors (Lipinski definition) is 2. The highest BCUT2D eigenvalue weighted by molar-refractivity contribution is 6.04. The van der Waals surface area contributed by atoms with E-state index in [2.05, 4.69) is 10.6 Å². The van der Waals surface area contributed by atoms with Crippen molar-refractivity contribution < 1.29 is 14.3 Å². The molecule has 0 aromatic heterocycles. The van der Waals surface area contributed by atoms with Gasteiger partial charge in [-0.25, -0.2) is 0 Å². The lowest BCUT2D eigenvalue weighted by molar-refractivity contribution is -0.122. The lowest BCUT2D eigenvalue weighted by atomic mass is 10.1. The standard InChI is InChI=1S/C17H21N3O3.ClH/c1-10-16(21)19-14-4-2-3-13(15(14)23-10)17(22)20-8-7-11-5-6-12(9-20)18-11;/h2-4,10-12,18H,5-9H2,1H3,(H,19,21);1H. The normalized spacial score (nSPS) is 28.1. The first kappa shape index (κ1) is 17.0. The van der Waals surface area contributed by atoms with Gasteiger partial charge in [-0.2, -0.15) is 0 Å². The molecule has 2 saturated heterocycles. The van der Waals surface area contributed by atoms with Gasteiger partial charge in [0.2, 0.25) is 0 Å². The van der Waals surface area contributed by atoms with Gasteiger partial charge in [0.05, 0.1) is 11.3 Å². The number of ether oxygens (including phenoxy) is 1. The minimum Gasteiger partial charge on any atom is -0.478 e. The summed E-state index contributed by atoms with van der Waals surface area (Å²) in [6.07, 6.45) is 2.74. The molecule has 1 aromatic rings. The van der Waals surface area contributed by atoms with Crippen molar-refractivity contribution in [3.8, 4) is 5.75 Å². The number of likely N-dealkylation sites (tertiary alicyclic amines) is 1.